The summed E-state index contributed by atoms with van der Waals surface area (Å²) in [7, 11) is 0. The summed E-state index contributed by atoms with van der Waals surface area (Å²) in [6, 6.07) is 0. The zero-order valence-corrected chi connectivity index (χ0v) is 54.0. The SMILES string of the molecule is [Na].[Na].[Na].[Na].[Na].[Na].[Na].[Na].[Na].[Na].[Na].[Na].[Na].[Na].[Na].[Na].[Na].[Na]. The number of rotatable bonds is 0. The third-order valence-electron chi connectivity index (χ3n) is 0. The van der Waals surface area contributed by atoms with Crippen molar-refractivity contribution in [2.45, 2.75) is 0 Å². The molecule has 0 fully saturated rings. The van der Waals surface area contributed by atoms with Crippen LogP contribution in [0.15, 0.2) is 0 Å². The molecule has 18 heteroatoms. The van der Waals surface area contributed by atoms with Gasteiger partial charge >= 0.3 is 0 Å². The first kappa shape index (κ1) is 136. The normalized spacial score (nSPS) is 0. The summed E-state index contributed by atoms with van der Waals surface area (Å²) < 4.78 is 0. The van der Waals surface area contributed by atoms with Crippen LogP contribution < -0.4 is 0 Å². The van der Waals surface area contributed by atoms with Crippen molar-refractivity contribution < 1.29 is 0 Å². The van der Waals surface area contributed by atoms with Crippen molar-refractivity contribution >= 4 is 532 Å². The van der Waals surface area contributed by atoms with Gasteiger partial charge in [-0.15, -0.1) is 0 Å². The van der Waals surface area contributed by atoms with E-state index in [2.05, 4.69) is 0 Å². The molecule has 0 bridgehead atoms. The van der Waals surface area contributed by atoms with E-state index in [9.17, 15) is 0 Å². The second-order valence-corrected chi connectivity index (χ2v) is 0. The molecule has 0 nitrogen and oxygen atoms in total. The Balaban J connectivity index is 0. The van der Waals surface area contributed by atoms with Gasteiger partial charge in [0.2, 0.25) is 0 Å². The summed E-state index contributed by atoms with van der Waals surface area (Å²) in [4.78, 5) is 0. The Morgan fingerprint density at radius 1 is 0.0556 bits per heavy atom. The summed E-state index contributed by atoms with van der Waals surface area (Å²) in [5.41, 5.74) is 0. The van der Waals surface area contributed by atoms with Gasteiger partial charge in [-0.3, -0.25) is 0 Å². The van der Waals surface area contributed by atoms with Gasteiger partial charge in [0.05, 0.1) is 0 Å². The van der Waals surface area contributed by atoms with Gasteiger partial charge in [0, 0.05) is 532 Å². The Labute approximate surface area is 513 Å². The van der Waals surface area contributed by atoms with E-state index in [4.69, 9.17) is 0 Å². The number of hydrogen-bond donors (Lipinski definition) is 0. The fourth-order valence-corrected chi connectivity index (χ4v) is 0. The van der Waals surface area contributed by atoms with E-state index in [1.807, 2.05) is 0 Å². The third-order valence-corrected chi connectivity index (χ3v) is 0. The molecule has 0 atom stereocenters. The topological polar surface area (TPSA) is 0 Å². The predicted octanol–water partition coefficient (Wildman–Crippen LogP) is -6.85. The Morgan fingerprint density at radius 3 is 0.0556 bits per heavy atom. The molecule has 0 spiro atoms. The molecule has 0 aromatic heterocycles. The molecule has 0 saturated heterocycles. The maximum atomic E-state index is 0. The van der Waals surface area contributed by atoms with Crippen molar-refractivity contribution in [1.29, 1.82) is 0 Å². The molecule has 0 heterocycles. The van der Waals surface area contributed by atoms with Crippen molar-refractivity contribution in [2.24, 2.45) is 0 Å². The Kier molecular flexibility index (Phi) is 944. The molecular weight excluding hydrogens is 414 g/mol. The summed E-state index contributed by atoms with van der Waals surface area (Å²) >= 11 is 0. The second kappa shape index (κ2) is 125. The smallest absolute Gasteiger partial charge is 0 e. The second-order valence-electron chi connectivity index (χ2n) is 0. The van der Waals surface area contributed by atoms with Crippen molar-refractivity contribution in [1.82, 2.24) is 0 Å². The first-order valence-corrected chi connectivity index (χ1v) is 0. The minimum Gasteiger partial charge on any atom is 0 e. The fourth-order valence-electron chi connectivity index (χ4n) is 0. The predicted molar refractivity (Wildman–Crippen MR) is 104 cm³/mol. The molecule has 0 aliphatic carbocycles. The molecule has 0 aliphatic rings. The van der Waals surface area contributed by atoms with Gasteiger partial charge in [0.1, 0.15) is 0 Å². The van der Waals surface area contributed by atoms with E-state index in [1.54, 1.807) is 0 Å². The van der Waals surface area contributed by atoms with Crippen LogP contribution in [0.2, 0.25) is 0 Å². The number of hydrogen-bond acceptors (Lipinski definition) is 0. The summed E-state index contributed by atoms with van der Waals surface area (Å²) in [5.74, 6) is 0. The Hall–Kier alpha value is 18.0. The minimum absolute atomic E-state index is 0. The van der Waals surface area contributed by atoms with E-state index >= 15 is 0 Å². The molecule has 0 aromatic carbocycles. The first-order valence-electron chi connectivity index (χ1n) is 0. The zero-order chi connectivity index (χ0) is 0. The summed E-state index contributed by atoms with van der Waals surface area (Å²) in [6.45, 7) is 0. The molecule has 0 aromatic rings. The summed E-state index contributed by atoms with van der Waals surface area (Å²) in [6.07, 6.45) is 0. The quantitative estimate of drug-likeness (QED) is 0.346. The van der Waals surface area contributed by atoms with Crippen LogP contribution >= 0.6 is 0 Å². The van der Waals surface area contributed by atoms with Crippen LogP contribution in [0.4, 0.5) is 0 Å². The van der Waals surface area contributed by atoms with Crippen LogP contribution in [0.1, 0.15) is 0 Å². The Bertz CT molecular complexity index is 0. The molecule has 0 amide bonds. The molecule has 0 aliphatic heterocycles. The van der Waals surface area contributed by atoms with Gasteiger partial charge in [-0.2, -0.15) is 0 Å². The average molecular weight is 414 g/mol. The van der Waals surface area contributed by atoms with Crippen LogP contribution in [0.3, 0.4) is 0 Å². The van der Waals surface area contributed by atoms with E-state index in [0.29, 0.717) is 0 Å². The van der Waals surface area contributed by atoms with Gasteiger partial charge in [-0.25, -0.2) is 0 Å². The largest absolute Gasteiger partial charge is 0 e. The molecular formula is Na18. The standard InChI is InChI=1S/18Na. The van der Waals surface area contributed by atoms with Crippen molar-refractivity contribution in [3.8, 4) is 0 Å². The molecule has 18 heavy (non-hydrogen) atoms. The Morgan fingerprint density at radius 2 is 0.0556 bits per heavy atom. The van der Waals surface area contributed by atoms with E-state index in [-0.39, 0.29) is 532 Å². The minimum atomic E-state index is 0. The van der Waals surface area contributed by atoms with Gasteiger partial charge in [0.15, 0.2) is 0 Å². The van der Waals surface area contributed by atoms with Crippen LogP contribution in [0, 0.1) is 0 Å². The van der Waals surface area contributed by atoms with Gasteiger partial charge in [0.25, 0.3) is 0 Å². The van der Waals surface area contributed by atoms with Crippen LogP contribution in [0.25, 0.3) is 0 Å². The van der Waals surface area contributed by atoms with E-state index < -0.39 is 0 Å². The van der Waals surface area contributed by atoms with Crippen LogP contribution in [-0.2, 0) is 0 Å². The van der Waals surface area contributed by atoms with Gasteiger partial charge in [-0.05, 0) is 0 Å². The van der Waals surface area contributed by atoms with Crippen LogP contribution in [-0.4, -0.2) is 532 Å². The van der Waals surface area contributed by atoms with Crippen LogP contribution in [0.5, 0.6) is 0 Å². The molecule has 0 N–H and O–H groups in total. The van der Waals surface area contributed by atoms with Crippen molar-refractivity contribution in [3.63, 3.8) is 0 Å². The first-order chi connectivity index (χ1) is 0. The molecule has 0 unspecified atom stereocenters. The monoisotopic (exact) mass is 414 g/mol. The average Bonchev–Trinajstić information content (AvgIpc) is 0. The molecule has 0 saturated carbocycles. The molecule has 18 radical (unpaired) electrons. The van der Waals surface area contributed by atoms with Crippen molar-refractivity contribution in [3.05, 3.63) is 0 Å². The summed E-state index contributed by atoms with van der Waals surface area (Å²) in [5, 5.41) is 0. The molecule has 0 rings (SSSR count). The fraction of sp³-hybridized carbons (Fsp3) is 0. The third kappa shape index (κ3) is 114. The van der Waals surface area contributed by atoms with Gasteiger partial charge < -0.3 is 0 Å². The maximum Gasteiger partial charge on any atom is 0 e. The molecule has 18 valence electrons. The van der Waals surface area contributed by atoms with E-state index in [0.717, 1.165) is 0 Å². The van der Waals surface area contributed by atoms with Gasteiger partial charge in [-0.1, -0.05) is 0 Å². The van der Waals surface area contributed by atoms with Crippen molar-refractivity contribution in [2.75, 3.05) is 0 Å². The van der Waals surface area contributed by atoms with E-state index in [1.165, 1.54) is 0 Å². The maximum absolute atomic E-state index is 0. The zero-order valence-electron chi connectivity index (χ0n) is 18.0.